The zero-order valence-electron chi connectivity index (χ0n) is 12.7. The van der Waals surface area contributed by atoms with Gasteiger partial charge in [-0.2, -0.15) is 0 Å². The van der Waals surface area contributed by atoms with Crippen LogP contribution in [0.25, 0.3) is 0 Å². The summed E-state index contributed by atoms with van der Waals surface area (Å²) in [6, 6.07) is 5.04. The average molecular weight is 306 g/mol. The topological polar surface area (TPSA) is 52.6 Å². The molecule has 0 radical (unpaired) electrons. The number of rotatable bonds is 6. The van der Waals surface area contributed by atoms with Gasteiger partial charge >= 0.3 is 6.03 Å². The fraction of sp³-hybridized carbons (Fsp3) is 0.588. The van der Waals surface area contributed by atoms with Gasteiger partial charge in [0, 0.05) is 19.2 Å². The van der Waals surface area contributed by atoms with Crippen molar-refractivity contribution >= 4 is 6.03 Å². The van der Waals surface area contributed by atoms with Crippen molar-refractivity contribution in [1.29, 1.82) is 0 Å². The number of unbranched alkanes of at least 4 members (excludes halogenated alkanes) is 1. The molecule has 2 aliphatic rings. The summed E-state index contributed by atoms with van der Waals surface area (Å²) < 4.78 is 13.4. The molecule has 2 aliphatic carbocycles. The van der Waals surface area contributed by atoms with Gasteiger partial charge in [0.05, 0.1) is 6.04 Å². The first-order valence-corrected chi connectivity index (χ1v) is 8.15. The van der Waals surface area contributed by atoms with E-state index in [4.69, 9.17) is 5.11 Å². The molecule has 0 saturated heterocycles. The summed E-state index contributed by atoms with van der Waals surface area (Å²) >= 11 is 0. The summed E-state index contributed by atoms with van der Waals surface area (Å²) in [6.45, 7) is 0.842. The first kappa shape index (κ1) is 15.3. The predicted octanol–water partition coefficient (Wildman–Crippen LogP) is 2.76. The average Bonchev–Trinajstić information content (AvgIpc) is 3.27. The summed E-state index contributed by atoms with van der Waals surface area (Å²) in [5.41, 5.74) is 2.05. The molecular formula is C17H23FN2O2. The second-order valence-corrected chi connectivity index (χ2v) is 6.24. The second kappa shape index (κ2) is 6.65. The van der Waals surface area contributed by atoms with Crippen molar-refractivity contribution in [3.8, 4) is 0 Å². The van der Waals surface area contributed by atoms with E-state index in [-0.39, 0.29) is 24.5 Å². The van der Waals surface area contributed by atoms with E-state index in [9.17, 15) is 9.18 Å². The van der Waals surface area contributed by atoms with Crippen molar-refractivity contribution in [1.82, 2.24) is 10.2 Å². The third kappa shape index (κ3) is 3.40. The summed E-state index contributed by atoms with van der Waals surface area (Å²) in [6.07, 6.45) is 5.36. The molecule has 120 valence electrons. The highest BCUT2D eigenvalue weighted by molar-refractivity contribution is 5.75. The maximum atomic E-state index is 13.4. The monoisotopic (exact) mass is 306 g/mol. The molecule has 5 heteroatoms. The van der Waals surface area contributed by atoms with Crippen LogP contribution in [0.15, 0.2) is 18.2 Å². The van der Waals surface area contributed by atoms with Crippen LogP contribution in [0.1, 0.15) is 49.3 Å². The van der Waals surface area contributed by atoms with Crippen molar-refractivity contribution in [2.24, 2.45) is 0 Å². The SMILES string of the molecule is O=C(NC1CCc2ccc(F)cc21)N(CCCCO)C1CC1. The van der Waals surface area contributed by atoms with Crippen LogP contribution in [0.2, 0.25) is 0 Å². The normalized spacial score (nSPS) is 19.8. The van der Waals surface area contributed by atoms with E-state index in [0.29, 0.717) is 19.0 Å². The largest absolute Gasteiger partial charge is 0.396 e. The first-order chi connectivity index (χ1) is 10.7. The van der Waals surface area contributed by atoms with Gasteiger partial charge < -0.3 is 15.3 Å². The number of nitrogens with zero attached hydrogens (tertiary/aromatic N) is 1. The Morgan fingerprint density at radius 2 is 2.14 bits per heavy atom. The Bertz CT molecular complexity index is 545. The van der Waals surface area contributed by atoms with Gasteiger partial charge in [0.15, 0.2) is 0 Å². The summed E-state index contributed by atoms with van der Waals surface area (Å²) in [7, 11) is 0. The molecule has 0 bridgehead atoms. The van der Waals surface area contributed by atoms with Crippen LogP contribution in [-0.2, 0) is 6.42 Å². The number of aryl methyl sites for hydroxylation is 1. The lowest BCUT2D eigenvalue weighted by Gasteiger charge is -2.25. The molecule has 1 atom stereocenters. The van der Waals surface area contributed by atoms with Crippen LogP contribution in [0.5, 0.6) is 0 Å². The molecule has 4 nitrogen and oxygen atoms in total. The lowest BCUT2D eigenvalue weighted by atomic mass is 10.1. The molecule has 0 spiro atoms. The molecule has 1 saturated carbocycles. The van der Waals surface area contributed by atoms with Gasteiger partial charge in [0.2, 0.25) is 0 Å². The Labute approximate surface area is 130 Å². The molecule has 1 unspecified atom stereocenters. The summed E-state index contributed by atoms with van der Waals surface area (Å²) in [5.74, 6) is -0.248. The van der Waals surface area contributed by atoms with Crippen molar-refractivity contribution in [2.45, 2.75) is 50.6 Å². The Morgan fingerprint density at radius 3 is 2.86 bits per heavy atom. The number of carbonyl (C=O) groups excluding carboxylic acids is 1. The maximum Gasteiger partial charge on any atom is 0.318 e. The first-order valence-electron chi connectivity index (χ1n) is 8.15. The number of halogens is 1. The molecule has 0 aromatic heterocycles. The number of hydrogen-bond acceptors (Lipinski definition) is 2. The van der Waals surface area contributed by atoms with E-state index in [1.165, 1.54) is 6.07 Å². The second-order valence-electron chi connectivity index (χ2n) is 6.24. The van der Waals surface area contributed by atoms with E-state index in [1.807, 2.05) is 11.0 Å². The van der Waals surface area contributed by atoms with Crippen LogP contribution in [0.4, 0.5) is 9.18 Å². The van der Waals surface area contributed by atoms with Gasteiger partial charge in [-0.25, -0.2) is 9.18 Å². The molecule has 1 aromatic carbocycles. The van der Waals surface area contributed by atoms with Crippen molar-refractivity contribution in [3.63, 3.8) is 0 Å². The summed E-state index contributed by atoms with van der Waals surface area (Å²) in [5, 5.41) is 12.0. The Kier molecular flexibility index (Phi) is 4.62. The van der Waals surface area contributed by atoms with Gasteiger partial charge in [-0.3, -0.25) is 0 Å². The lowest BCUT2D eigenvalue weighted by molar-refractivity contribution is 0.186. The molecule has 0 heterocycles. The number of aliphatic hydroxyl groups excluding tert-OH is 1. The van der Waals surface area contributed by atoms with E-state index >= 15 is 0 Å². The number of amides is 2. The number of fused-ring (bicyclic) bond motifs is 1. The minimum Gasteiger partial charge on any atom is -0.396 e. The highest BCUT2D eigenvalue weighted by Gasteiger charge is 2.34. The van der Waals surface area contributed by atoms with Crippen molar-refractivity contribution < 1.29 is 14.3 Å². The van der Waals surface area contributed by atoms with Crippen LogP contribution >= 0.6 is 0 Å². The van der Waals surface area contributed by atoms with Crippen LogP contribution in [-0.4, -0.2) is 35.2 Å². The standard InChI is InChI=1S/C17H23FN2O2/c18-13-5-3-12-4-8-16(15(12)11-13)19-17(22)20(14-6-7-14)9-1-2-10-21/h3,5,11,14,16,21H,1-2,4,6-10H2,(H,19,22). The molecular weight excluding hydrogens is 283 g/mol. The molecule has 2 N–H and O–H groups in total. The van der Waals surface area contributed by atoms with Crippen LogP contribution in [0, 0.1) is 5.82 Å². The highest BCUT2D eigenvalue weighted by Crippen LogP contribution is 2.33. The predicted molar refractivity (Wildman–Crippen MR) is 82.0 cm³/mol. The molecule has 2 amide bonds. The quantitative estimate of drug-likeness (QED) is 0.794. The number of aliphatic hydroxyl groups is 1. The van der Waals surface area contributed by atoms with Gasteiger partial charge in [-0.15, -0.1) is 0 Å². The third-order valence-corrected chi connectivity index (χ3v) is 4.54. The van der Waals surface area contributed by atoms with E-state index in [2.05, 4.69) is 5.32 Å². The Morgan fingerprint density at radius 1 is 1.32 bits per heavy atom. The zero-order chi connectivity index (χ0) is 15.5. The fourth-order valence-corrected chi connectivity index (χ4v) is 3.19. The minimum absolute atomic E-state index is 0.0532. The Hall–Kier alpha value is -1.62. The van der Waals surface area contributed by atoms with E-state index in [0.717, 1.165) is 43.2 Å². The number of hydrogen-bond donors (Lipinski definition) is 2. The third-order valence-electron chi connectivity index (χ3n) is 4.54. The maximum absolute atomic E-state index is 13.4. The minimum atomic E-state index is -0.248. The zero-order valence-corrected chi connectivity index (χ0v) is 12.7. The molecule has 0 aliphatic heterocycles. The molecule has 22 heavy (non-hydrogen) atoms. The lowest BCUT2D eigenvalue weighted by Crippen LogP contribution is -2.43. The van der Waals surface area contributed by atoms with Gasteiger partial charge in [-0.1, -0.05) is 6.07 Å². The van der Waals surface area contributed by atoms with Crippen LogP contribution in [0.3, 0.4) is 0 Å². The number of carbonyl (C=O) groups is 1. The van der Waals surface area contributed by atoms with Gasteiger partial charge in [0.1, 0.15) is 5.82 Å². The molecule has 3 rings (SSSR count). The van der Waals surface area contributed by atoms with Gasteiger partial charge in [-0.05, 0) is 61.8 Å². The smallest absolute Gasteiger partial charge is 0.318 e. The Balaban J connectivity index is 1.63. The van der Waals surface area contributed by atoms with Crippen molar-refractivity contribution in [3.05, 3.63) is 35.1 Å². The molecule has 1 aromatic rings. The fourth-order valence-electron chi connectivity index (χ4n) is 3.19. The number of benzene rings is 1. The van der Waals surface area contributed by atoms with Crippen LogP contribution < -0.4 is 5.32 Å². The highest BCUT2D eigenvalue weighted by atomic mass is 19.1. The van der Waals surface area contributed by atoms with E-state index < -0.39 is 0 Å². The van der Waals surface area contributed by atoms with E-state index in [1.54, 1.807) is 6.07 Å². The number of urea groups is 1. The number of nitrogens with one attached hydrogen (secondary N) is 1. The summed E-state index contributed by atoms with van der Waals surface area (Å²) in [4.78, 5) is 14.4. The van der Waals surface area contributed by atoms with Crippen molar-refractivity contribution in [2.75, 3.05) is 13.2 Å². The van der Waals surface area contributed by atoms with Gasteiger partial charge in [0.25, 0.3) is 0 Å². The molecule has 1 fully saturated rings.